The van der Waals surface area contributed by atoms with Gasteiger partial charge in [-0.2, -0.15) is 13.2 Å². The lowest BCUT2D eigenvalue weighted by atomic mass is 9.75. The molecule has 1 fully saturated rings. The number of hydrogen-bond acceptors (Lipinski definition) is 1. The fourth-order valence-electron chi connectivity index (χ4n) is 4.00. The van der Waals surface area contributed by atoms with E-state index in [-0.39, 0.29) is 6.04 Å². The Labute approximate surface area is 126 Å². The number of likely N-dealkylation sites (N-methyl/N-ethyl adjacent to an activating group) is 1. The minimum atomic E-state index is -4.00. The molecule has 0 aromatic carbocycles. The van der Waals surface area contributed by atoms with Gasteiger partial charge in [0, 0.05) is 6.04 Å². The van der Waals surface area contributed by atoms with Gasteiger partial charge in [0.1, 0.15) is 0 Å². The third kappa shape index (κ3) is 4.73. The maximum absolute atomic E-state index is 12.8. The number of rotatable bonds is 3. The largest absolute Gasteiger partial charge is 0.391 e. The summed E-state index contributed by atoms with van der Waals surface area (Å²) < 4.78 is 38.3. The predicted octanol–water partition coefficient (Wildman–Crippen LogP) is 5.22. The van der Waals surface area contributed by atoms with Crippen molar-refractivity contribution in [2.45, 2.75) is 76.4 Å². The van der Waals surface area contributed by atoms with Crippen LogP contribution in [0.1, 0.15) is 64.2 Å². The molecule has 21 heavy (non-hydrogen) atoms. The lowest BCUT2D eigenvalue weighted by molar-refractivity contribution is -0.184. The topological polar surface area (TPSA) is 12.0 Å². The Morgan fingerprint density at radius 2 is 1.71 bits per heavy atom. The Hall–Kier alpha value is -0.510. The third-order valence-electron chi connectivity index (χ3n) is 5.24. The van der Waals surface area contributed by atoms with E-state index in [2.05, 4.69) is 11.4 Å². The predicted molar refractivity (Wildman–Crippen MR) is 80.1 cm³/mol. The van der Waals surface area contributed by atoms with Crippen LogP contribution in [0, 0.1) is 11.8 Å². The van der Waals surface area contributed by atoms with Crippen LogP contribution in [0.25, 0.3) is 0 Å². The molecule has 0 radical (unpaired) electrons. The normalized spacial score (nSPS) is 30.2. The molecule has 0 bridgehead atoms. The van der Waals surface area contributed by atoms with Crippen molar-refractivity contribution in [3.8, 4) is 0 Å². The zero-order valence-corrected chi connectivity index (χ0v) is 13.0. The Morgan fingerprint density at radius 1 is 1.05 bits per heavy atom. The van der Waals surface area contributed by atoms with Crippen LogP contribution in [0.2, 0.25) is 0 Å². The van der Waals surface area contributed by atoms with Crippen LogP contribution in [0.3, 0.4) is 0 Å². The molecule has 1 nitrogen and oxygen atoms in total. The lowest BCUT2D eigenvalue weighted by Gasteiger charge is -2.36. The zero-order valence-electron chi connectivity index (χ0n) is 13.0. The van der Waals surface area contributed by atoms with Crippen molar-refractivity contribution in [2.24, 2.45) is 11.8 Å². The molecular weight excluding hydrogens is 275 g/mol. The Balaban J connectivity index is 1.95. The summed E-state index contributed by atoms with van der Waals surface area (Å²) in [6, 6.07) is 0.289. The molecule has 0 aromatic heterocycles. The van der Waals surface area contributed by atoms with Crippen molar-refractivity contribution in [1.29, 1.82) is 0 Å². The lowest BCUT2D eigenvalue weighted by Crippen LogP contribution is -2.39. The number of hydrogen-bond donors (Lipinski definition) is 1. The van der Waals surface area contributed by atoms with Gasteiger partial charge >= 0.3 is 6.18 Å². The van der Waals surface area contributed by atoms with E-state index >= 15 is 0 Å². The van der Waals surface area contributed by atoms with E-state index in [1.807, 2.05) is 7.05 Å². The second-order valence-electron chi connectivity index (χ2n) is 6.65. The van der Waals surface area contributed by atoms with E-state index in [1.54, 1.807) is 0 Å². The molecule has 1 N–H and O–H groups in total. The molecule has 0 aromatic rings. The summed E-state index contributed by atoms with van der Waals surface area (Å²) >= 11 is 0. The van der Waals surface area contributed by atoms with E-state index < -0.39 is 12.1 Å². The molecule has 2 aliphatic rings. The van der Waals surface area contributed by atoms with Crippen LogP contribution < -0.4 is 5.32 Å². The molecule has 1 atom stereocenters. The summed E-state index contributed by atoms with van der Waals surface area (Å²) in [6.45, 7) is 0. The van der Waals surface area contributed by atoms with Crippen LogP contribution in [0.5, 0.6) is 0 Å². The Morgan fingerprint density at radius 3 is 2.33 bits per heavy atom. The van der Waals surface area contributed by atoms with Crippen molar-refractivity contribution >= 4 is 0 Å². The fraction of sp³-hybridized carbons (Fsp3) is 0.882. The molecule has 4 heteroatoms. The van der Waals surface area contributed by atoms with Crippen molar-refractivity contribution in [3.05, 3.63) is 11.6 Å². The third-order valence-corrected chi connectivity index (χ3v) is 5.24. The molecule has 2 aliphatic carbocycles. The highest BCUT2D eigenvalue weighted by Crippen LogP contribution is 2.41. The first-order valence-electron chi connectivity index (χ1n) is 8.45. The van der Waals surface area contributed by atoms with Gasteiger partial charge in [-0.05, 0) is 64.3 Å². The molecular formula is C17H28F3N. The molecule has 0 amide bonds. The number of nitrogens with one attached hydrogen (secondary N) is 1. The van der Waals surface area contributed by atoms with E-state index in [0.29, 0.717) is 31.6 Å². The summed E-state index contributed by atoms with van der Waals surface area (Å²) in [5, 5.41) is 3.39. The van der Waals surface area contributed by atoms with Gasteiger partial charge in [-0.1, -0.05) is 24.5 Å². The monoisotopic (exact) mass is 303 g/mol. The summed E-state index contributed by atoms with van der Waals surface area (Å²) in [5.41, 5.74) is 1.45. The van der Waals surface area contributed by atoms with Crippen molar-refractivity contribution in [2.75, 3.05) is 7.05 Å². The molecule has 1 saturated carbocycles. The quantitative estimate of drug-likeness (QED) is 0.704. The minimum Gasteiger partial charge on any atom is -0.313 e. The summed E-state index contributed by atoms with van der Waals surface area (Å²) in [4.78, 5) is 0. The van der Waals surface area contributed by atoms with Crippen molar-refractivity contribution in [3.63, 3.8) is 0 Å². The highest BCUT2D eigenvalue weighted by Gasteiger charge is 2.42. The molecule has 0 saturated heterocycles. The van der Waals surface area contributed by atoms with Crippen LogP contribution in [0.4, 0.5) is 13.2 Å². The van der Waals surface area contributed by atoms with Crippen LogP contribution in [-0.2, 0) is 0 Å². The highest BCUT2D eigenvalue weighted by atomic mass is 19.4. The first-order valence-corrected chi connectivity index (χ1v) is 8.45. The standard InChI is InChI=1S/C17H28F3N/c1-21-16(13-7-5-3-2-4-6-8-13)14-9-11-15(12-10-14)17(18,19)20/h7,14-16,21H,2-6,8-12H2,1H3. The van der Waals surface area contributed by atoms with Crippen LogP contribution in [-0.4, -0.2) is 19.3 Å². The summed E-state index contributed by atoms with van der Waals surface area (Å²) in [5.74, 6) is -0.697. The van der Waals surface area contributed by atoms with E-state index in [1.165, 1.54) is 31.3 Å². The van der Waals surface area contributed by atoms with Gasteiger partial charge in [0.15, 0.2) is 0 Å². The fourth-order valence-corrected chi connectivity index (χ4v) is 4.00. The summed E-state index contributed by atoms with van der Waals surface area (Å²) in [6.07, 6.45) is 7.69. The van der Waals surface area contributed by atoms with Gasteiger partial charge < -0.3 is 5.32 Å². The molecule has 1 unspecified atom stereocenters. The number of alkyl halides is 3. The molecule has 2 rings (SSSR count). The van der Waals surface area contributed by atoms with Crippen LogP contribution in [0.15, 0.2) is 11.6 Å². The smallest absolute Gasteiger partial charge is 0.313 e. The molecule has 0 heterocycles. The number of allylic oxidation sites excluding steroid dienone is 1. The average Bonchev–Trinajstić information content (AvgIpc) is 2.41. The molecule has 122 valence electrons. The van der Waals surface area contributed by atoms with E-state index in [0.717, 1.165) is 12.8 Å². The SMILES string of the molecule is CNC(C1=CCCCCCC1)C1CCC(C(F)(F)F)CC1. The molecule has 0 spiro atoms. The number of halogens is 3. The van der Waals surface area contributed by atoms with Crippen molar-refractivity contribution < 1.29 is 13.2 Å². The Kier molecular flexibility index (Phi) is 6.15. The van der Waals surface area contributed by atoms with Gasteiger partial charge in [-0.3, -0.25) is 0 Å². The maximum atomic E-state index is 12.8. The summed E-state index contributed by atoms with van der Waals surface area (Å²) in [7, 11) is 1.96. The first kappa shape index (κ1) is 16.9. The van der Waals surface area contributed by atoms with Gasteiger partial charge in [-0.15, -0.1) is 0 Å². The van der Waals surface area contributed by atoms with Gasteiger partial charge in [-0.25, -0.2) is 0 Å². The highest BCUT2D eigenvalue weighted by molar-refractivity contribution is 5.13. The first-order chi connectivity index (χ1) is 10.0. The van der Waals surface area contributed by atoms with Gasteiger partial charge in [0.2, 0.25) is 0 Å². The van der Waals surface area contributed by atoms with Crippen molar-refractivity contribution in [1.82, 2.24) is 5.32 Å². The maximum Gasteiger partial charge on any atom is 0.391 e. The Bertz CT molecular complexity index is 340. The van der Waals surface area contributed by atoms with Gasteiger partial charge in [0.05, 0.1) is 5.92 Å². The second kappa shape index (κ2) is 7.66. The van der Waals surface area contributed by atoms with Gasteiger partial charge in [0.25, 0.3) is 0 Å². The second-order valence-corrected chi connectivity index (χ2v) is 6.65. The van der Waals surface area contributed by atoms with Crippen LogP contribution >= 0.6 is 0 Å². The minimum absolute atomic E-state index is 0.289. The van der Waals surface area contributed by atoms with E-state index in [9.17, 15) is 13.2 Å². The average molecular weight is 303 g/mol. The zero-order chi connectivity index (χ0) is 15.3. The van der Waals surface area contributed by atoms with E-state index in [4.69, 9.17) is 0 Å². The molecule has 0 aliphatic heterocycles.